The van der Waals surface area contributed by atoms with Crippen molar-refractivity contribution in [3.8, 4) is 0 Å². The normalized spacial score (nSPS) is 12.6. The van der Waals surface area contributed by atoms with E-state index in [1.54, 1.807) is 0 Å². The second kappa shape index (κ2) is 6.00. The average Bonchev–Trinajstić information content (AvgIpc) is 1.97. The van der Waals surface area contributed by atoms with Crippen LogP contribution in [0.1, 0.15) is 20.8 Å². The highest BCUT2D eigenvalue weighted by Gasteiger charge is 2.22. The van der Waals surface area contributed by atoms with Gasteiger partial charge in [-0.15, -0.1) is 11.6 Å². The van der Waals surface area contributed by atoms with Crippen LogP contribution in [-0.4, -0.2) is 17.3 Å². The van der Waals surface area contributed by atoms with Crippen LogP contribution in [0, 0.1) is 5.92 Å². The minimum Gasteiger partial charge on any atom is -0.352 e. The molecule has 0 rings (SSSR count). The molecule has 1 atom stereocenters. The summed E-state index contributed by atoms with van der Waals surface area (Å²) < 4.78 is 0. The second-order valence-electron chi connectivity index (χ2n) is 3.41. The van der Waals surface area contributed by atoms with Gasteiger partial charge in [-0.25, -0.2) is 0 Å². The first-order valence-corrected chi connectivity index (χ1v) is 4.35. The molecular weight excluding hydrogens is 188 g/mol. The van der Waals surface area contributed by atoms with Crippen LogP contribution in [0.5, 0.6) is 0 Å². The molecule has 0 spiro atoms. The van der Waals surface area contributed by atoms with Crippen LogP contribution in [-0.2, 0) is 4.79 Å². The minimum absolute atomic E-state index is 0. The lowest BCUT2D eigenvalue weighted by atomic mass is 9.97. The summed E-state index contributed by atoms with van der Waals surface area (Å²) in [5, 5.41) is 2.70. The van der Waals surface area contributed by atoms with Crippen LogP contribution in [0.15, 0.2) is 12.7 Å². The van der Waals surface area contributed by atoms with Crippen LogP contribution in [0.2, 0.25) is 0 Å². The van der Waals surface area contributed by atoms with E-state index in [0.717, 1.165) is 0 Å². The van der Waals surface area contributed by atoms with Crippen LogP contribution < -0.4 is 11.5 Å². The monoisotopic (exact) mass is 206 g/mol. The lowest BCUT2D eigenvalue weighted by Gasteiger charge is -2.24. The minimum atomic E-state index is -0.283. The number of halogens is 1. The molecule has 0 fully saturated rings. The summed E-state index contributed by atoms with van der Waals surface area (Å²) in [4.78, 5) is 10.5. The maximum absolute atomic E-state index is 10.8. The molecule has 0 radical (unpaired) electrons. The molecule has 78 valence electrons. The molecule has 0 aliphatic rings. The second-order valence-corrected chi connectivity index (χ2v) is 4.39. The summed E-state index contributed by atoms with van der Waals surface area (Å²) in [5.74, 6) is 0.0887. The Labute approximate surface area is 85.1 Å². The molecule has 0 aliphatic heterocycles. The fourth-order valence-corrected chi connectivity index (χ4v) is 0.646. The zero-order valence-corrected chi connectivity index (χ0v) is 9.32. The van der Waals surface area contributed by atoms with E-state index >= 15 is 0 Å². The third kappa shape index (κ3) is 6.61. The maximum atomic E-state index is 10.8. The fraction of sp³-hybridized carbons (Fsp3) is 0.667. The van der Waals surface area contributed by atoms with Crippen LogP contribution >= 0.6 is 11.6 Å². The Morgan fingerprint density at radius 1 is 1.69 bits per heavy atom. The first-order valence-electron chi connectivity index (χ1n) is 3.97. The Hall–Kier alpha value is -0.540. The Morgan fingerprint density at radius 2 is 2.15 bits per heavy atom. The number of alkyl halides is 1. The Morgan fingerprint density at radius 3 is 2.46 bits per heavy atom. The van der Waals surface area contributed by atoms with Gasteiger partial charge in [-0.1, -0.05) is 13.5 Å². The van der Waals surface area contributed by atoms with Crippen molar-refractivity contribution in [2.45, 2.75) is 25.6 Å². The smallest absolute Gasteiger partial charge is 0.243 e. The molecule has 0 aromatic carbocycles. The SMILES string of the molecule is C=CC(=O)NCC(C)C(C)(C)Cl.N. The molecule has 1 unspecified atom stereocenters. The topological polar surface area (TPSA) is 64.1 Å². The third-order valence-electron chi connectivity index (χ3n) is 1.94. The van der Waals surface area contributed by atoms with Gasteiger partial charge in [-0.3, -0.25) is 4.79 Å². The average molecular weight is 207 g/mol. The highest BCUT2D eigenvalue weighted by molar-refractivity contribution is 6.23. The quantitative estimate of drug-likeness (QED) is 0.547. The number of hydrogen-bond acceptors (Lipinski definition) is 2. The zero-order chi connectivity index (χ0) is 9.78. The molecular formula is C9H19ClN2O. The van der Waals surface area contributed by atoms with Gasteiger partial charge in [0.25, 0.3) is 0 Å². The van der Waals surface area contributed by atoms with E-state index in [0.29, 0.717) is 6.54 Å². The highest BCUT2D eigenvalue weighted by atomic mass is 35.5. The maximum Gasteiger partial charge on any atom is 0.243 e. The van der Waals surface area contributed by atoms with E-state index in [4.69, 9.17) is 11.6 Å². The van der Waals surface area contributed by atoms with Crippen molar-refractivity contribution in [1.82, 2.24) is 11.5 Å². The number of carbonyl (C=O) groups is 1. The number of nitrogens with one attached hydrogen (secondary N) is 1. The van der Waals surface area contributed by atoms with Crippen molar-refractivity contribution in [3.63, 3.8) is 0 Å². The van der Waals surface area contributed by atoms with Gasteiger partial charge in [0.1, 0.15) is 0 Å². The number of rotatable bonds is 4. The van der Waals surface area contributed by atoms with Gasteiger partial charge < -0.3 is 11.5 Å². The van der Waals surface area contributed by atoms with Crippen molar-refractivity contribution in [2.75, 3.05) is 6.54 Å². The highest BCUT2D eigenvalue weighted by Crippen LogP contribution is 2.22. The lowest BCUT2D eigenvalue weighted by Crippen LogP contribution is -2.34. The predicted octanol–water partition coefficient (Wildman–Crippen LogP) is 2.10. The molecule has 4 heteroatoms. The molecule has 0 bridgehead atoms. The molecule has 0 heterocycles. The van der Waals surface area contributed by atoms with Gasteiger partial charge in [0.2, 0.25) is 5.91 Å². The number of hydrogen-bond donors (Lipinski definition) is 2. The van der Waals surface area contributed by atoms with Crippen molar-refractivity contribution in [3.05, 3.63) is 12.7 Å². The first-order chi connectivity index (χ1) is 5.38. The first kappa shape index (κ1) is 15.0. The van der Waals surface area contributed by atoms with Crippen molar-refractivity contribution < 1.29 is 4.79 Å². The van der Waals surface area contributed by atoms with E-state index in [2.05, 4.69) is 11.9 Å². The summed E-state index contributed by atoms with van der Waals surface area (Å²) in [6.07, 6.45) is 1.26. The van der Waals surface area contributed by atoms with Crippen LogP contribution in [0.4, 0.5) is 0 Å². The van der Waals surface area contributed by atoms with Crippen LogP contribution in [0.25, 0.3) is 0 Å². The molecule has 1 amide bonds. The molecule has 0 saturated carbocycles. The predicted molar refractivity (Wildman–Crippen MR) is 57.3 cm³/mol. The summed E-state index contributed by atoms with van der Waals surface area (Å²) in [6, 6.07) is 0. The summed E-state index contributed by atoms with van der Waals surface area (Å²) in [6.45, 7) is 9.80. The van der Waals surface area contributed by atoms with Crippen molar-refractivity contribution in [1.29, 1.82) is 0 Å². The van der Waals surface area contributed by atoms with E-state index in [-0.39, 0.29) is 22.8 Å². The van der Waals surface area contributed by atoms with Gasteiger partial charge in [0.15, 0.2) is 0 Å². The number of amides is 1. The van der Waals surface area contributed by atoms with E-state index in [1.807, 2.05) is 20.8 Å². The van der Waals surface area contributed by atoms with Crippen molar-refractivity contribution >= 4 is 17.5 Å². The molecule has 4 N–H and O–H groups in total. The van der Waals surface area contributed by atoms with E-state index in [1.165, 1.54) is 6.08 Å². The molecule has 3 nitrogen and oxygen atoms in total. The van der Waals surface area contributed by atoms with Gasteiger partial charge in [-0.2, -0.15) is 0 Å². The summed E-state index contributed by atoms with van der Waals surface area (Å²) in [7, 11) is 0. The molecule has 0 aromatic heterocycles. The standard InChI is InChI=1S/C9H16ClNO.H3N/c1-5-8(12)11-6-7(2)9(3,4)10;/h5,7H,1,6H2,2-4H3,(H,11,12);1H3. The third-order valence-corrected chi connectivity index (χ3v) is 2.31. The fourth-order valence-electron chi connectivity index (χ4n) is 0.569. The molecule has 0 aromatic rings. The van der Waals surface area contributed by atoms with E-state index in [9.17, 15) is 4.79 Å². The van der Waals surface area contributed by atoms with Crippen molar-refractivity contribution in [2.24, 2.45) is 5.92 Å². The van der Waals surface area contributed by atoms with E-state index < -0.39 is 0 Å². The molecule has 0 saturated heterocycles. The lowest BCUT2D eigenvalue weighted by molar-refractivity contribution is -0.116. The zero-order valence-electron chi connectivity index (χ0n) is 8.56. The summed E-state index contributed by atoms with van der Waals surface area (Å²) in [5.41, 5.74) is 0. The molecule has 13 heavy (non-hydrogen) atoms. The Balaban J connectivity index is 0. The largest absolute Gasteiger partial charge is 0.352 e. The van der Waals surface area contributed by atoms with Gasteiger partial charge in [0.05, 0.1) is 0 Å². The Kier molecular flexibility index (Phi) is 6.90. The number of carbonyl (C=O) groups excluding carboxylic acids is 1. The van der Waals surface area contributed by atoms with Gasteiger partial charge >= 0.3 is 0 Å². The Bertz CT molecular complexity index is 175. The van der Waals surface area contributed by atoms with Crippen LogP contribution in [0.3, 0.4) is 0 Å². The van der Waals surface area contributed by atoms with Gasteiger partial charge in [-0.05, 0) is 25.8 Å². The summed E-state index contributed by atoms with van der Waals surface area (Å²) >= 11 is 6.03. The van der Waals surface area contributed by atoms with Gasteiger partial charge in [0, 0.05) is 11.4 Å². The molecule has 0 aliphatic carbocycles.